The average molecular weight is 183 g/mol. The van der Waals surface area contributed by atoms with Crippen LogP contribution in [0.1, 0.15) is 12.0 Å². The quantitative estimate of drug-likeness (QED) is 0.764. The Hall–Kier alpha value is -1.22. The Balaban J connectivity index is 2.81. The van der Waals surface area contributed by atoms with E-state index in [-0.39, 0.29) is 5.56 Å². The molecule has 0 amide bonds. The lowest BCUT2D eigenvalue weighted by molar-refractivity contribution is 0.598. The Morgan fingerprint density at radius 3 is 2.77 bits per heavy atom. The van der Waals surface area contributed by atoms with Crippen LogP contribution in [0.4, 0.5) is 8.78 Å². The first-order chi connectivity index (χ1) is 6.24. The molecule has 0 spiro atoms. The maximum Gasteiger partial charge on any atom is 0.130 e. The summed E-state index contributed by atoms with van der Waals surface area (Å²) in [6.45, 7) is 0.507. The molecule has 0 fully saturated rings. The third kappa shape index (κ3) is 2.95. The molecule has 0 bridgehead atoms. The van der Waals surface area contributed by atoms with Crippen molar-refractivity contribution in [1.82, 2.24) is 0 Å². The highest BCUT2D eigenvalue weighted by atomic mass is 19.1. The molecule has 1 rings (SSSR count). The molecule has 0 radical (unpaired) electrons. The number of hydrogen-bond donors (Lipinski definition) is 1. The fourth-order valence-electron chi connectivity index (χ4n) is 0.949. The van der Waals surface area contributed by atoms with Crippen molar-refractivity contribution in [2.24, 2.45) is 5.73 Å². The van der Waals surface area contributed by atoms with Crippen LogP contribution in [-0.4, -0.2) is 6.54 Å². The third-order valence-electron chi connectivity index (χ3n) is 1.59. The molecule has 0 aliphatic carbocycles. The summed E-state index contributed by atoms with van der Waals surface area (Å²) >= 11 is 0. The van der Waals surface area contributed by atoms with Crippen molar-refractivity contribution in [2.45, 2.75) is 6.42 Å². The zero-order valence-corrected chi connectivity index (χ0v) is 7.13. The second-order valence-electron chi connectivity index (χ2n) is 2.65. The molecule has 13 heavy (non-hydrogen) atoms. The number of benzene rings is 1. The molecular weight excluding hydrogens is 172 g/mol. The van der Waals surface area contributed by atoms with Crippen molar-refractivity contribution >= 4 is 6.08 Å². The van der Waals surface area contributed by atoms with Crippen molar-refractivity contribution in [3.05, 3.63) is 41.5 Å². The first-order valence-electron chi connectivity index (χ1n) is 4.05. The normalized spacial score (nSPS) is 11.0. The van der Waals surface area contributed by atoms with Gasteiger partial charge in [-0.3, -0.25) is 0 Å². The second kappa shape index (κ2) is 4.72. The van der Waals surface area contributed by atoms with Crippen LogP contribution in [0.3, 0.4) is 0 Å². The molecule has 0 aliphatic heterocycles. The molecule has 2 N–H and O–H groups in total. The Morgan fingerprint density at radius 2 is 2.08 bits per heavy atom. The third-order valence-corrected chi connectivity index (χ3v) is 1.59. The lowest BCUT2D eigenvalue weighted by atomic mass is 10.2. The molecule has 3 heteroatoms. The molecule has 1 aromatic rings. The van der Waals surface area contributed by atoms with Gasteiger partial charge in [0.15, 0.2) is 0 Å². The highest BCUT2D eigenvalue weighted by molar-refractivity contribution is 5.49. The molecule has 0 aromatic heterocycles. The van der Waals surface area contributed by atoms with E-state index in [0.717, 1.165) is 18.2 Å². The topological polar surface area (TPSA) is 26.0 Å². The molecule has 0 atom stereocenters. The van der Waals surface area contributed by atoms with Gasteiger partial charge >= 0.3 is 0 Å². The maximum atomic E-state index is 12.9. The van der Waals surface area contributed by atoms with E-state index >= 15 is 0 Å². The van der Waals surface area contributed by atoms with Crippen molar-refractivity contribution < 1.29 is 8.78 Å². The summed E-state index contributed by atoms with van der Waals surface area (Å²) in [5, 5.41) is 0. The summed E-state index contributed by atoms with van der Waals surface area (Å²) in [5.41, 5.74) is 5.50. The smallest absolute Gasteiger partial charge is 0.130 e. The van der Waals surface area contributed by atoms with Gasteiger partial charge in [-0.2, -0.15) is 0 Å². The van der Waals surface area contributed by atoms with Gasteiger partial charge < -0.3 is 5.73 Å². The van der Waals surface area contributed by atoms with E-state index in [1.54, 1.807) is 6.08 Å². The van der Waals surface area contributed by atoms with Gasteiger partial charge in [0.05, 0.1) is 0 Å². The standard InChI is InChI=1S/C10H11F2N/c11-9-4-5-10(12)8(7-9)3-1-2-6-13/h1,3-5,7H,2,6,13H2. The van der Waals surface area contributed by atoms with Gasteiger partial charge in [-0.1, -0.05) is 12.2 Å². The van der Waals surface area contributed by atoms with Crippen LogP contribution in [0.2, 0.25) is 0 Å². The summed E-state index contributed by atoms with van der Waals surface area (Å²) in [4.78, 5) is 0. The van der Waals surface area contributed by atoms with Gasteiger partial charge in [0, 0.05) is 5.56 Å². The predicted octanol–water partition coefficient (Wildman–Crippen LogP) is 2.33. The number of nitrogens with two attached hydrogens (primary N) is 1. The van der Waals surface area contributed by atoms with Crippen LogP contribution < -0.4 is 5.73 Å². The highest BCUT2D eigenvalue weighted by Gasteiger charge is 1.98. The maximum absolute atomic E-state index is 12.9. The minimum absolute atomic E-state index is 0.258. The Bertz CT molecular complexity index is 308. The summed E-state index contributed by atoms with van der Waals surface area (Å²) in [6.07, 6.45) is 3.92. The summed E-state index contributed by atoms with van der Waals surface area (Å²) in [6, 6.07) is 3.36. The Labute approximate surface area is 75.9 Å². The molecule has 1 nitrogen and oxygen atoms in total. The molecule has 0 saturated carbocycles. The van der Waals surface area contributed by atoms with Crippen molar-refractivity contribution in [1.29, 1.82) is 0 Å². The van der Waals surface area contributed by atoms with E-state index in [9.17, 15) is 8.78 Å². The molecule has 0 unspecified atom stereocenters. The Kier molecular flexibility index (Phi) is 3.58. The summed E-state index contributed by atoms with van der Waals surface area (Å²) in [5.74, 6) is -0.858. The predicted molar refractivity (Wildman–Crippen MR) is 49.1 cm³/mol. The highest BCUT2D eigenvalue weighted by Crippen LogP contribution is 2.11. The molecule has 0 saturated heterocycles. The van der Waals surface area contributed by atoms with Gasteiger partial charge in [0.2, 0.25) is 0 Å². The fraction of sp³-hybridized carbons (Fsp3) is 0.200. The zero-order chi connectivity index (χ0) is 9.68. The monoisotopic (exact) mass is 183 g/mol. The minimum atomic E-state index is -0.436. The SMILES string of the molecule is NCCC=Cc1cc(F)ccc1F. The Morgan fingerprint density at radius 1 is 1.31 bits per heavy atom. The van der Waals surface area contributed by atoms with Crippen LogP contribution in [0.25, 0.3) is 6.08 Å². The van der Waals surface area contributed by atoms with E-state index in [1.165, 1.54) is 6.08 Å². The molecule has 0 heterocycles. The first kappa shape index (κ1) is 9.86. The number of halogens is 2. The molecule has 70 valence electrons. The van der Waals surface area contributed by atoms with Gasteiger partial charge in [0.25, 0.3) is 0 Å². The largest absolute Gasteiger partial charge is 0.330 e. The van der Waals surface area contributed by atoms with Crippen LogP contribution >= 0.6 is 0 Å². The lowest BCUT2D eigenvalue weighted by Gasteiger charge is -1.96. The van der Waals surface area contributed by atoms with Crippen molar-refractivity contribution in [2.75, 3.05) is 6.54 Å². The number of hydrogen-bond acceptors (Lipinski definition) is 1. The van der Waals surface area contributed by atoms with Crippen LogP contribution in [-0.2, 0) is 0 Å². The van der Waals surface area contributed by atoms with E-state index in [0.29, 0.717) is 13.0 Å². The first-order valence-corrected chi connectivity index (χ1v) is 4.05. The van der Waals surface area contributed by atoms with Crippen LogP contribution in [0.5, 0.6) is 0 Å². The van der Waals surface area contributed by atoms with Crippen LogP contribution in [0.15, 0.2) is 24.3 Å². The molecule has 1 aromatic carbocycles. The van der Waals surface area contributed by atoms with Gasteiger partial charge in [-0.15, -0.1) is 0 Å². The lowest BCUT2D eigenvalue weighted by Crippen LogP contribution is -1.95. The van der Waals surface area contributed by atoms with E-state index < -0.39 is 11.6 Å². The van der Waals surface area contributed by atoms with E-state index in [2.05, 4.69) is 0 Å². The van der Waals surface area contributed by atoms with Gasteiger partial charge in [-0.25, -0.2) is 8.78 Å². The zero-order valence-electron chi connectivity index (χ0n) is 7.13. The number of rotatable bonds is 3. The molecule has 0 aliphatic rings. The van der Waals surface area contributed by atoms with E-state index in [4.69, 9.17) is 5.73 Å². The fourth-order valence-corrected chi connectivity index (χ4v) is 0.949. The van der Waals surface area contributed by atoms with E-state index in [1.807, 2.05) is 0 Å². The van der Waals surface area contributed by atoms with Crippen molar-refractivity contribution in [3.8, 4) is 0 Å². The van der Waals surface area contributed by atoms with Gasteiger partial charge in [0.1, 0.15) is 11.6 Å². The van der Waals surface area contributed by atoms with Crippen molar-refractivity contribution in [3.63, 3.8) is 0 Å². The summed E-state index contributed by atoms with van der Waals surface area (Å²) < 4.78 is 25.6. The molecular formula is C10H11F2N. The second-order valence-corrected chi connectivity index (χ2v) is 2.65. The van der Waals surface area contributed by atoms with Crippen LogP contribution in [0, 0.1) is 11.6 Å². The van der Waals surface area contributed by atoms with Gasteiger partial charge in [-0.05, 0) is 31.2 Å². The summed E-state index contributed by atoms with van der Waals surface area (Å²) in [7, 11) is 0. The average Bonchev–Trinajstić information content (AvgIpc) is 2.11. The minimum Gasteiger partial charge on any atom is -0.330 e.